The molecule has 0 aliphatic rings. The second-order valence-corrected chi connectivity index (χ2v) is 6.16. The first-order valence-electron chi connectivity index (χ1n) is 9.18. The molecule has 0 fully saturated rings. The summed E-state index contributed by atoms with van der Waals surface area (Å²) in [5.74, 6) is 2.29. The molecule has 0 unspecified atom stereocenters. The summed E-state index contributed by atoms with van der Waals surface area (Å²) >= 11 is 0. The quantitative estimate of drug-likeness (QED) is 0.388. The van der Waals surface area contributed by atoms with Crippen molar-refractivity contribution < 1.29 is 9.15 Å². The predicted octanol–water partition coefficient (Wildman–Crippen LogP) is 3.00. The van der Waals surface area contributed by atoms with E-state index < -0.39 is 0 Å². The van der Waals surface area contributed by atoms with Crippen LogP contribution in [0.2, 0.25) is 0 Å². The standard InChI is InChI=1S/C20H30N4O2/c1-16-17(2)26-19(24-16)15-23-20(21-3)22-12-7-8-13-25-14-11-18-9-5-4-6-10-18/h4-6,9-10H,7-8,11-15H2,1-3H3,(H2,21,22,23). The number of hydrogen-bond acceptors (Lipinski definition) is 4. The topological polar surface area (TPSA) is 71.7 Å². The SMILES string of the molecule is CN=C(NCCCCOCCc1ccccc1)NCc1nc(C)c(C)o1. The highest BCUT2D eigenvalue weighted by molar-refractivity contribution is 5.79. The molecule has 142 valence electrons. The van der Waals surface area contributed by atoms with Gasteiger partial charge < -0.3 is 19.8 Å². The Hall–Kier alpha value is -2.34. The zero-order valence-corrected chi connectivity index (χ0v) is 16.0. The number of nitrogens with zero attached hydrogens (tertiary/aromatic N) is 2. The molecule has 26 heavy (non-hydrogen) atoms. The third kappa shape index (κ3) is 7.27. The van der Waals surface area contributed by atoms with Gasteiger partial charge in [0.1, 0.15) is 5.76 Å². The van der Waals surface area contributed by atoms with Crippen molar-refractivity contribution in [2.75, 3.05) is 26.8 Å². The highest BCUT2D eigenvalue weighted by Gasteiger charge is 2.06. The lowest BCUT2D eigenvalue weighted by Crippen LogP contribution is -2.37. The van der Waals surface area contributed by atoms with E-state index in [4.69, 9.17) is 9.15 Å². The molecule has 1 aromatic carbocycles. The van der Waals surface area contributed by atoms with Crippen LogP contribution < -0.4 is 10.6 Å². The van der Waals surface area contributed by atoms with Gasteiger partial charge in [0.05, 0.1) is 18.8 Å². The van der Waals surface area contributed by atoms with E-state index in [9.17, 15) is 0 Å². The van der Waals surface area contributed by atoms with Crippen LogP contribution in [0.15, 0.2) is 39.7 Å². The van der Waals surface area contributed by atoms with Crippen molar-refractivity contribution in [1.29, 1.82) is 0 Å². The predicted molar refractivity (Wildman–Crippen MR) is 104 cm³/mol. The molecule has 0 saturated carbocycles. The largest absolute Gasteiger partial charge is 0.444 e. The number of aliphatic imine (C=N–C) groups is 1. The fourth-order valence-corrected chi connectivity index (χ4v) is 2.47. The Bertz CT molecular complexity index is 648. The maximum absolute atomic E-state index is 5.70. The first-order valence-corrected chi connectivity index (χ1v) is 9.18. The zero-order valence-electron chi connectivity index (χ0n) is 16.0. The monoisotopic (exact) mass is 358 g/mol. The van der Waals surface area contributed by atoms with Crippen molar-refractivity contribution in [3.63, 3.8) is 0 Å². The van der Waals surface area contributed by atoms with Gasteiger partial charge in [-0.2, -0.15) is 0 Å². The van der Waals surface area contributed by atoms with Crippen LogP contribution in [0.25, 0.3) is 0 Å². The molecule has 0 amide bonds. The number of ether oxygens (including phenoxy) is 1. The number of nitrogens with one attached hydrogen (secondary N) is 2. The Kier molecular flexibility index (Phi) is 8.69. The number of unbranched alkanes of at least 4 members (excludes halogenated alkanes) is 1. The van der Waals surface area contributed by atoms with Crippen LogP contribution in [0.5, 0.6) is 0 Å². The Balaban J connectivity index is 1.50. The van der Waals surface area contributed by atoms with Crippen LogP contribution in [-0.2, 0) is 17.7 Å². The van der Waals surface area contributed by atoms with E-state index in [-0.39, 0.29) is 0 Å². The Labute approximate surface area is 156 Å². The summed E-state index contributed by atoms with van der Waals surface area (Å²) in [7, 11) is 1.76. The van der Waals surface area contributed by atoms with E-state index in [2.05, 4.69) is 44.9 Å². The molecule has 1 heterocycles. The van der Waals surface area contributed by atoms with E-state index in [1.165, 1.54) is 5.56 Å². The summed E-state index contributed by atoms with van der Waals surface area (Å²) in [5, 5.41) is 6.50. The fraction of sp³-hybridized carbons (Fsp3) is 0.500. The number of aromatic nitrogens is 1. The van der Waals surface area contributed by atoms with Crippen LogP contribution >= 0.6 is 0 Å². The summed E-state index contributed by atoms with van der Waals surface area (Å²) in [6.07, 6.45) is 3.02. The summed E-state index contributed by atoms with van der Waals surface area (Å²) in [4.78, 5) is 8.56. The Morgan fingerprint density at radius 3 is 2.62 bits per heavy atom. The van der Waals surface area contributed by atoms with Crippen LogP contribution in [0, 0.1) is 13.8 Å². The highest BCUT2D eigenvalue weighted by atomic mass is 16.5. The van der Waals surface area contributed by atoms with Crippen LogP contribution in [0.1, 0.15) is 35.7 Å². The first kappa shape index (κ1) is 20.0. The smallest absolute Gasteiger partial charge is 0.214 e. The van der Waals surface area contributed by atoms with Gasteiger partial charge in [0.25, 0.3) is 0 Å². The third-order valence-electron chi connectivity index (χ3n) is 4.09. The van der Waals surface area contributed by atoms with E-state index in [0.717, 1.165) is 56.4 Å². The number of benzene rings is 1. The van der Waals surface area contributed by atoms with Gasteiger partial charge in [0, 0.05) is 20.2 Å². The summed E-state index contributed by atoms with van der Waals surface area (Å²) in [6, 6.07) is 10.4. The zero-order chi connectivity index (χ0) is 18.6. The lowest BCUT2D eigenvalue weighted by atomic mass is 10.2. The normalized spacial score (nSPS) is 11.6. The maximum Gasteiger partial charge on any atom is 0.214 e. The van der Waals surface area contributed by atoms with Crippen molar-refractivity contribution >= 4 is 5.96 Å². The second kappa shape index (κ2) is 11.3. The van der Waals surface area contributed by atoms with Crippen molar-refractivity contribution in [3.05, 3.63) is 53.2 Å². The molecule has 0 saturated heterocycles. The molecule has 2 aromatic rings. The minimum absolute atomic E-state index is 0.525. The molecule has 0 radical (unpaired) electrons. The van der Waals surface area contributed by atoms with E-state index in [0.29, 0.717) is 12.4 Å². The van der Waals surface area contributed by atoms with Gasteiger partial charge in [0.2, 0.25) is 5.89 Å². The summed E-state index contributed by atoms with van der Waals surface area (Å²) in [5.41, 5.74) is 2.25. The molecule has 0 aliphatic heterocycles. The highest BCUT2D eigenvalue weighted by Crippen LogP contribution is 2.07. The summed E-state index contributed by atoms with van der Waals surface area (Å²) in [6.45, 7) is 6.80. The minimum atomic E-state index is 0.525. The molecule has 0 bridgehead atoms. The van der Waals surface area contributed by atoms with Crippen molar-refractivity contribution in [3.8, 4) is 0 Å². The van der Waals surface area contributed by atoms with Crippen LogP contribution in [-0.4, -0.2) is 37.7 Å². The van der Waals surface area contributed by atoms with Gasteiger partial charge in [-0.1, -0.05) is 30.3 Å². The molecule has 6 heteroatoms. The van der Waals surface area contributed by atoms with Crippen molar-refractivity contribution in [2.24, 2.45) is 4.99 Å². The molecular weight excluding hydrogens is 328 g/mol. The third-order valence-corrected chi connectivity index (χ3v) is 4.09. The minimum Gasteiger partial charge on any atom is -0.444 e. The van der Waals surface area contributed by atoms with E-state index >= 15 is 0 Å². The fourth-order valence-electron chi connectivity index (χ4n) is 2.47. The molecular formula is C20H30N4O2. The average molecular weight is 358 g/mol. The van der Waals surface area contributed by atoms with Crippen LogP contribution in [0.4, 0.5) is 0 Å². The van der Waals surface area contributed by atoms with Gasteiger partial charge in [-0.3, -0.25) is 4.99 Å². The molecule has 6 nitrogen and oxygen atoms in total. The lowest BCUT2D eigenvalue weighted by molar-refractivity contribution is 0.133. The molecule has 0 spiro atoms. The number of aryl methyl sites for hydroxylation is 2. The average Bonchev–Trinajstić information content (AvgIpc) is 2.98. The van der Waals surface area contributed by atoms with Crippen molar-refractivity contribution in [2.45, 2.75) is 39.7 Å². The van der Waals surface area contributed by atoms with Crippen molar-refractivity contribution in [1.82, 2.24) is 15.6 Å². The number of rotatable bonds is 10. The van der Waals surface area contributed by atoms with Gasteiger partial charge in [-0.25, -0.2) is 4.98 Å². The lowest BCUT2D eigenvalue weighted by Gasteiger charge is -2.10. The van der Waals surface area contributed by atoms with E-state index in [1.807, 2.05) is 19.9 Å². The first-order chi connectivity index (χ1) is 12.7. The Morgan fingerprint density at radius 1 is 1.12 bits per heavy atom. The van der Waals surface area contributed by atoms with Gasteiger partial charge in [-0.15, -0.1) is 0 Å². The van der Waals surface area contributed by atoms with E-state index in [1.54, 1.807) is 7.05 Å². The molecule has 1 aromatic heterocycles. The maximum atomic E-state index is 5.70. The Morgan fingerprint density at radius 2 is 1.92 bits per heavy atom. The molecule has 0 aliphatic carbocycles. The number of oxazole rings is 1. The second-order valence-electron chi connectivity index (χ2n) is 6.16. The number of guanidine groups is 1. The molecule has 0 atom stereocenters. The van der Waals surface area contributed by atoms with Gasteiger partial charge >= 0.3 is 0 Å². The molecule has 2 N–H and O–H groups in total. The van der Waals surface area contributed by atoms with Gasteiger partial charge in [0.15, 0.2) is 5.96 Å². The van der Waals surface area contributed by atoms with Gasteiger partial charge in [-0.05, 0) is 38.7 Å². The molecule has 2 rings (SSSR count). The number of hydrogen-bond donors (Lipinski definition) is 2. The summed E-state index contributed by atoms with van der Waals surface area (Å²) < 4.78 is 11.2. The van der Waals surface area contributed by atoms with Crippen LogP contribution in [0.3, 0.4) is 0 Å².